The first-order chi connectivity index (χ1) is 17.2. The van der Waals surface area contributed by atoms with Gasteiger partial charge in [0.1, 0.15) is 23.4 Å². The highest BCUT2D eigenvalue weighted by atomic mass is 16.6. The quantitative estimate of drug-likeness (QED) is 0.298. The summed E-state index contributed by atoms with van der Waals surface area (Å²) in [7, 11) is 1.37. The highest BCUT2D eigenvalue weighted by molar-refractivity contribution is 5.92. The fourth-order valence-corrected chi connectivity index (χ4v) is 3.38. The molecule has 37 heavy (non-hydrogen) atoms. The summed E-state index contributed by atoms with van der Waals surface area (Å²) in [6, 6.07) is 2.02. The molecule has 1 aromatic rings. The smallest absolute Gasteiger partial charge is 0.408 e. The number of hydrogen-bond acceptors (Lipinski definition) is 8. The number of amides is 4. The largest absolute Gasteiger partial charge is 0.508 e. The number of esters is 1. The second-order valence-electron chi connectivity index (χ2n) is 9.45. The molecule has 0 aliphatic rings. The molecule has 0 aliphatic heterocycles. The third-order valence-electron chi connectivity index (χ3n) is 5.12. The number of phenolic OH excluding ortho intramolecular Hbond substituents is 1. The number of ether oxygens (including phenoxy) is 2. The molecule has 0 radical (unpaired) electrons. The minimum atomic E-state index is -1.22. The van der Waals surface area contributed by atoms with Gasteiger partial charge in [-0.1, -0.05) is 6.07 Å². The van der Waals surface area contributed by atoms with Gasteiger partial charge in [0.2, 0.25) is 17.7 Å². The van der Waals surface area contributed by atoms with E-state index in [2.05, 4.69) is 10.6 Å². The second-order valence-corrected chi connectivity index (χ2v) is 9.45. The van der Waals surface area contributed by atoms with Gasteiger partial charge in [0.05, 0.1) is 13.0 Å². The number of nitrogens with zero attached hydrogens (tertiary/aromatic N) is 1. The van der Waals surface area contributed by atoms with Crippen LogP contribution in [-0.4, -0.2) is 71.6 Å². The van der Waals surface area contributed by atoms with Crippen molar-refractivity contribution in [2.75, 3.05) is 20.2 Å². The van der Waals surface area contributed by atoms with E-state index >= 15 is 0 Å². The molecular weight excluding hydrogens is 484 g/mol. The van der Waals surface area contributed by atoms with Crippen molar-refractivity contribution in [3.8, 4) is 5.75 Å². The summed E-state index contributed by atoms with van der Waals surface area (Å²) in [6.45, 7) is 8.44. The topological polar surface area (TPSA) is 177 Å². The number of nitrogens with two attached hydrogens (primary N) is 1. The van der Waals surface area contributed by atoms with Crippen molar-refractivity contribution < 1.29 is 38.6 Å². The van der Waals surface area contributed by atoms with E-state index in [1.807, 2.05) is 0 Å². The lowest BCUT2D eigenvalue weighted by Gasteiger charge is -2.31. The van der Waals surface area contributed by atoms with Crippen LogP contribution in [0.15, 0.2) is 18.2 Å². The monoisotopic (exact) mass is 522 g/mol. The summed E-state index contributed by atoms with van der Waals surface area (Å²) in [6.07, 6.45) is -1.27. The average molecular weight is 523 g/mol. The summed E-state index contributed by atoms with van der Waals surface area (Å²) in [5.74, 6) is -2.43. The fourth-order valence-electron chi connectivity index (χ4n) is 3.38. The number of nitrogens with one attached hydrogen (secondary N) is 2. The Labute approximate surface area is 216 Å². The number of aryl methyl sites for hydroxylation is 1. The van der Waals surface area contributed by atoms with Crippen LogP contribution in [0.3, 0.4) is 0 Å². The first kappa shape index (κ1) is 31.2. The molecule has 0 saturated heterocycles. The Morgan fingerprint density at radius 2 is 1.78 bits per heavy atom. The predicted molar refractivity (Wildman–Crippen MR) is 134 cm³/mol. The molecule has 206 valence electrons. The Balaban J connectivity index is 3.25. The zero-order valence-electron chi connectivity index (χ0n) is 22.3. The summed E-state index contributed by atoms with van der Waals surface area (Å²) < 4.78 is 10.1. The van der Waals surface area contributed by atoms with Crippen LogP contribution >= 0.6 is 0 Å². The molecule has 12 heteroatoms. The van der Waals surface area contributed by atoms with Crippen LogP contribution in [0.1, 0.15) is 64.1 Å². The van der Waals surface area contributed by atoms with Crippen LogP contribution in [0.2, 0.25) is 0 Å². The van der Waals surface area contributed by atoms with E-state index in [1.54, 1.807) is 40.7 Å². The van der Waals surface area contributed by atoms with Gasteiger partial charge < -0.3 is 35.8 Å². The second kappa shape index (κ2) is 14.0. The van der Waals surface area contributed by atoms with E-state index in [0.29, 0.717) is 11.1 Å². The van der Waals surface area contributed by atoms with Gasteiger partial charge in [-0.3, -0.25) is 19.2 Å². The number of carbonyl (C=O) groups excluding carboxylic acids is 5. The third kappa shape index (κ3) is 10.8. The minimum Gasteiger partial charge on any atom is -0.508 e. The lowest BCUT2D eigenvalue weighted by molar-refractivity contribution is -0.144. The number of primary amides is 1. The molecule has 1 aromatic carbocycles. The van der Waals surface area contributed by atoms with Gasteiger partial charge in [0.25, 0.3) is 0 Å². The Bertz CT molecular complexity index is 989. The molecule has 1 rings (SSSR count). The first-order valence-corrected chi connectivity index (χ1v) is 11.9. The Hall–Kier alpha value is -3.83. The Kier molecular flexibility index (Phi) is 11.8. The van der Waals surface area contributed by atoms with E-state index in [4.69, 9.17) is 15.2 Å². The Morgan fingerprint density at radius 3 is 2.32 bits per heavy atom. The van der Waals surface area contributed by atoms with E-state index in [9.17, 15) is 29.1 Å². The molecule has 0 spiro atoms. The fraction of sp³-hybridized carbons (Fsp3) is 0.560. The third-order valence-corrected chi connectivity index (χ3v) is 5.12. The van der Waals surface area contributed by atoms with Crippen molar-refractivity contribution in [3.63, 3.8) is 0 Å². The molecule has 0 saturated carbocycles. The lowest BCUT2D eigenvalue weighted by Crippen LogP contribution is -2.52. The van der Waals surface area contributed by atoms with Crippen LogP contribution in [0.4, 0.5) is 4.79 Å². The maximum absolute atomic E-state index is 13.5. The number of alkyl carbamates (subject to hydrolysis) is 1. The maximum atomic E-state index is 13.5. The molecule has 0 heterocycles. The van der Waals surface area contributed by atoms with Gasteiger partial charge in [-0.2, -0.15) is 0 Å². The van der Waals surface area contributed by atoms with Crippen molar-refractivity contribution in [1.82, 2.24) is 15.5 Å². The van der Waals surface area contributed by atoms with Crippen molar-refractivity contribution >= 4 is 29.8 Å². The molecule has 0 fully saturated rings. The van der Waals surface area contributed by atoms with Gasteiger partial charge >= 0.3 is 12.1 Å². The summed E-state index contributed by atoms with van der Waals surface area (Å²) in [4.78, 5) is 63.3. The number of likely N-dealkylation sites (N-methyl/N-ethyl adjacent to an activating group) is 1. The van der Waals surface area contributed by atoms with E-state index in [0.717, 1.165) is 4.90 Å². The molecule has 0 aromatic heterocycles. The zero-order chi connectivity index (χ0) is 28.3. The van der Waals surface area contributed by atoms with Crippen molar-refractivity contribution in [2.24, 2.45) is 5.73 Å². The number of aromatic hydroxyl groups is 1. The van der Waals surface area contributed by atoms with Crippen LogP contribution in [0.5, 0.6) is 5.75 Å². The summed E-state index contributed by atoms with van der Waals surface area (Å²) in [5.41, 5.74) is 5.26. The van der Waals surface area contributed by atoms with E-state index in [-0.39, 0.29) is 38.2 Å². The lowest BCUT2D eigenvalue weighted by atomic mass is 10.00. The molecular formula is C25H38N4O8. The van der Waals surface area contributed by atoms with Crippen LogP contribution in [0.25, 0.3) is 0 Å². The molecule has 4 amide bonds. The predicted octanol–water partition coefficient (Wildman–Crippen LogP) is 1.43. The van der Waals surface area contributed by atoms with Crippen molar-refractivity contribution in [1.29, 1.82) is 0 Å². The highest BCUT2D eigenvalue weighted by Crippen LogP contribution is 2.26. The van der Waals surface area contributed by atoms with Crippen molar-refractivity contribution in [3.05, 3.63) is 29.3 Å². The number of rotatable bonds is 12. The number of carbonyl (C=O) groups is 5. The molecule has 12 nitrogen and oxygen atoms in total. The molecule has 5 N–H and O–H groups in total. The van der Waals surface area contributed by atoms with Crippen LogP contribution in [0, 0.1) is 6.92 Å². The number of benzene rings is 1. The normalized spacial score (nSPS) is 12.6. The van der Waals surface area contributed by atoms with Crippen LogP contribution < -0.4 is 16.4 Å². The van der Waals surface area contributed by atoms with Crippen molar-refractivity contribution in [2.45, 2.75) is 71.6 Å². The molecule has 0 bridgehead atoms. The summed E-state index contributed by atoms with van der Waals surface area (Å²) in [5, 5.41) is 15.0. The van der Waals surface area contributed by atoms with Gasteiger partial charge in [0.15, 0.2) is 0 Å². The average Bonchev–Trinajstić information content (AvgIpc) is 2.77. The van der Waals surface area contributed by atoms with Gasteiger partial charge in [-0.25, -0.2) is 4.79 Å². The zero-order valence-corrected chi connectivity index (χ0v) is 22.3. The minimum absolute atomic E-state index is 0.00475. The SMILES string of the molecule is CCOC(=O)CCNC(=O)C(c1ccc(O)c(C)c1)N(C)C(=O)C(CCC(N)=O)NC(=O)OC(C)(C)C. The maximum Gasteiger partial charge on any atom is 0.408 e. The van der Waals surface area contributed by atoms with Gasteiger partial charge in [-0.05, 0) is 64.3 Å². The van der Waals surface area contributed by atoms with Gasteiger partial charge in [0, 0.05) is 20.0 Å². The first-order valence-electron chi connectivity index (χ1n) is 11.9. The van der Waals surface area contributed by atoms with Gasteiger partial charge in [-0.15, -0.1) is 0 Å². The Morgan fingerprint density at radius 1 is 1.14 bits per heavy atom. The standard InChI is InChI=1S/C25H38N4O8/c1-7-36-20(32)12-13-27-22(33)21(16-8-10-18(30)15(2)14-16)29(6)23(34)17(9-11-19(26)31)28-24(35)37-25(3,4)5/h8,10,14,17,21,30H,7,9,11-13H2,1-6H3,(H2,26,31)(H,27,33)(H,28,35). The number of phenols is 1. The summed E-state index contributed by atoms with van der Waals surface area (Å²) >= 11 is 0. The number of hydrogen-bond donors (Lipinski definition) is 4. The van der Waals surface area contributed by atoms with E-state index < -0.39 is 47.5 Å². The molecule has 0 aliphatic carbocycles. The van der Waals surface area contributed by atoms with E-state index in [1.165, 1.54) is 19.2 Å². The molecule has 2 unspecified atom stereocenters. The molecule has 2 atom stereocenters. The highest BCUT2D eigenvalue weighted by Gasteiger charge is 2.34. The van der Waals surface area contributed by atoms with Crippen LogP contribution in [-0.2, 0) is 28.7 Å².